The number of benzene rings is 1. The van der Waals surface area contributed by atoms with E-state index in [1.165, 1.54) is 5.56 Å². The van der Waals surface area contributed by atoms with E-state index in [1.807, 2.05) is 6.07 Å². The highest BCUT2D eigenvalue weighted by Crippen LogP contribution is 2.16. The van der Waals surface area contributed by atoms with Gasteiger partial charge in [-0.15, -0.1) is 0 Å². The molecule has 0 aliphatic rings. The average Bonchev–Trinajstić information content (AvgIpc) is 2.18. The SMILES string of the molecule is BN(COC)[C@@H](C)c1ccccc1. The van der Waals surface area contributed by atoms with Gasteiger partial charge < -0.3 is 9.55 Å². The maximum absolute atomic E-state index is 5.07. The van der Waals surface area contributed by atoms with Gasteiger partial charge in [0.15, 0.2) is 7.98 Å². The second-order valence-corrected chi connectivity index (χ2v) is 3.26. The molecule has 0 saturated carbocycles. The Morgan fingerprint density at radius 2 is 2.00 bits per heavy atom. The molecule has 2 nitrogen and oxygen atoms in total. The van der Waals surface area contributed by atoms with Gasteiger partial charge in [-0.25, -0.2) is 0 Å². The van der Waals surface area contributed by atoms with Crippen LogP contribution >= 0.6 is 0 Å². The molecule has 0 aliphatic carbocycles. The molecule has 0 N–H and O–H groups in total. The minimum absolute atomic E-state index is 0.404. The largest absolute Gasteiger partial charge is 0.370 e. The van der Waals surface area contributed by atoms with E-state index >= 15 is 0 Å². The highest BCUT2D eigenvalue weighted by Gasteiger charge is 2.09. The third-order valence-corrected chi connectivity index (χ3v) is 2.28. The number of rotatable bonds is 4. The van der Waals surface area contributed by atoms with Gasteiger partial charge in [-0.05, 0) is 12.5 Å². The lowest BCUT2D eigenvalue weighted by molar-refractivity contribution is 0.0993. The summed E-state index contributed by atoms with van der Waals surface area (Å²) in [7, 11) is 3.77. The molecule has 0 aromatic heterocycles. The van der Waals surface area contributed by atoms with E-state index in [1.54, 1.807) is 7.11 Å². The molecule has 1 aromatic carbocycles. The van der Waals surface area contributed by atoms with Crippen LogP contribution in [0.5, 0.6) is 0 Å². The van der Waals surface area contributed by atoms with Crippen LogP contribution in [-0.4, -0.2) is 26.6 Å². The summed E-state index contributed by atoms with van der Waals surface area (Å²) in [6.07, 6.45) is 0. The van der Waals surface area contributed by atoms with Crippen molar-refractivity contribution in [3.63, 3.8) is 0 Å². The molecule has 0 spiro atoms. The smallest absolute Gasteiger partial charge is 0.189 e. The maximum atomic E-state index is 5.07. The van der Waals surface area contributed by atoms with Crippen LogP contribution in [-0.2, 0) is 4.74 Å². The predicted octanol–water partition coefficient (Wildman–Crippen LogP) is 1.20. The molecule has 0 bridgehead atoms. The highest BCUT2D eigenvalue weighted by atomic mass is 16.5. The van der Waals surface area contributed by atoms with Crippen LogP contribution in [0.4, 0.5) is 0 Å². The first-order valence-electron chi connectivity index (χ1n) is 4.50. The van der Waals surface area contributed by atoms with Crippen molar-refractivity contribution in [2.24, 2.45) is 0 Å². The van der Waals surface area contributed by atoms with Gasteiger partial charge in [-0.2, -0.15) is 0 Å². The number of nitrogens with zero attached hydrogens (tertiary/aromatic N) is 1. The Bertz CT molecular complexity index is 240. The Morgan fingerprint density at radius 1 is 1.38 bits per heavy atom. The van der Waals surface area contributed by atoms with E-state index in [0.29, 0.717) is 12.8 Å². The number of ether oxygens (including phenoxy) is 1. The summed E-state index contributed by atoms with van der Waals surface area (Å²) in [5.74, 6) is 0. The Balaban J connectivity index is 2.62. The molecule has 0 amide bonds. The molecule has 0 heterocycles. The fourth-order valence-electron chi connectivity index (χ4n) is 1.30. The van der Waals surface area contributed by atoms with E-state index in [-0.39, 0.29) is 0 Å². The number of hydrogen-bond acceptors (Lipinski definition) is 2. The van der Waals surface area contributed by atoms with Gasteiger partial charge in [-0.3, -0.25) is 0 Å². The second kappa shape index (κ2) is 5.05. The number of hydrogen-bond donors (Lipinski definition) is 0. The van der Waals surface area contributed by atoms with Crippen molar-refractivity contribution in [2.75, 3.05) is 13.8 Å². The summed E-state index contributed by atoms with van der Waals surface area (Å²) < 4.78 is 5.07. The molecule has 0 fully saturated rings. The van der Waals surface area contributed by atoms with Crippen LogP contribution in [0, 0.1) is 0 Å². The van der Waals surface area contributed by atoms with Crippen LogP contribution in [0.3, 0.4) is 0 Å². The van der Waals surface area contributed by atoms with Gasteiger partial charge in [0.05, 0.1) is 6.73 Å². The van der Waals surface area contributed by atoms with Crippen LogP contribution < -0.4 is 0 Å². The molecule has 70 valence electrons. The Kier molecular flexibility index (Phi) is 3.99. The van der Waals surface area contributed by atoms with Gasteiger partial charge >= 0.3 is 0 Å². The summed E-state index contributed by atoms with van der Waals surface area (Å²) in [5.41, 5.74) is 1.32. The zero-order chi connectivity index (χ0) is 9.68. The number of methoxy groups -OCH3 is 1. The Hall–Kier alpha value is -0.795. The van der Waals surface area contributed by atoms with Crippen molar-refractivity contribution < 1.29 is 4.74 Å². The molecule has 0 saturated heterocycles. The summed E-state index contributed by atoms with van der Waals surface area (Å²) in [6, 6.07) is 10.8. The molecule has 0 unspecified atom stereocenters. The molecule has 13 heavy (non-hydrogen) atoms. The van der Waals surface area contributed by atoms with Crippen molar-refractivity contribution in [3.8, 4) is 0 Å². The molecular weight excluding hydrogens is 161 g/mol. The zero-order valence-electron chi connectivity index (χ0n) is 8.53. The fraction of sp³-hybridized carbons (Fsp3) is 0.400. The zero-order valence-corrected chi connectivity index (χ0v) is 8.53. The van der Waals surface area contributed by atoms with Crippen molar-refractivity contribution in [1.29, 1.82) is 0 Å². The summed E-state index contributed by atoms with van der Waals surface area (Å²) in [4.78, 5) is 2.16. The van der Waals surface area contributed by atoms with Crippen LogP contribution in [0.2, 0.25) is 0 Å². The molecule has 1 rings (SSSR count). The first kappa shape index (κ1) is 10.3. The van der Waals surface area contributed by atoms with Gasteiger partial charge in [0.25, 0.3) is 0 Å². The lowest BCUT2D eigenvalue weighted by Gasteiger charge is -2.24. The van der Waals surface area contributed by atoms with E-state index < -0.39 is 0 Å². The maximum Gasteiger partial charge on any atom is 0.189 e. The summed E-state index contributed by atoms with van der Waals surface area (Å²) in [6.45, 7) is 2.84. The van der Waals surface area contributed by atoms with Crippen LogP contribution in [0.15, 0.2) is 30.3 Å². The van der Waals surface area contributed by atoms with Gasteiger partial charge in [0.1, 0.15) is 0 Å². The first-order valence-corrected chi connectivity index (χ1v) is 4.50. The third-order valence-electron chi connectivity index (χ3n) is 2.28. The molecular formula is C10H16BNO. The predicted molar refractivity (Wildman–Crippen MR) is 57.1 cm³/mol. The Morgan fingerprint density at radius 3 is 2.54 bits per heavy atom. The molecule has 0 aliphatic heterocycles. The topological polar surface area (TPSA) is 12.5 Å². The average molecular weight is 177 g/mol. The normalized spacial score (nSPS) is 13.2. The quantitative estimate of drug-likeness (QED) is 0.506. The first-order chi connectivity index (χ1) is 6.25. The highest BCUT2D eigenvalue weighted by molar-refractivity contribution is 6.04. The van der Waals surface area contributed by atoms with Gasteiger partial charge in [-0.1, -0.05) is 30.3 Å². The van der Waals surface area contributed by atoms with Crippen LogP contribution in [0.1, 0.15) is 18.5 Å². The van der Waals surface area contributed by atoms with E-state index in [4.69, 9.17) is 4.74 Å². The van der Waals surface area contributed by atoms with Gasteiger partial charge in [0.2, 0.25) is 0 Å². The van der Waals surface area contributed by atoms with E-state index in [0.717, 1.165) is 0 Å². The lowest BCUT2D eigenvalue weighted by Crippen LogP contribution is -2.26. The second-order valence-electron chi connectivity index (χ2n) is 3.26. The molecule has 1 aromatic rings. The minimum atomic E-state index is 0.404. The summed E-state index contributed by atoms with van der Waals surface area (Å²) >= 11 is 0. The summed E-state index contributed by atoms with van der Waals surface area (Å²) in [5, 5.41) is 0. The monoisotopic (exact) mass is 177 g/mol. The van der Waals surface area contributed by atoms with Gasteiger partial charge in [0, 0.05) is 13.2 Å². The van der Waals surface area contributed by atoms with Crippen molar-refractivity contribution >= 4 is 7.98 Å². The standard InChI is InChI=1S/C10H16BNO/c1-9(12(11)8-13-2)10-6-4-3-5-7-10/h3-7,9H,8,11H2,1-2H3/t9-/m0/s1. The molecule has 0 radical (unpaired) electrons. The van der Waals surface area contributed by atoms with Crippen LogP contribution in [0.25, 0.3) is 0 Å². The minimum Gasteiger partial charge on any atom is -0.370 e. The van der Waals surface area contributed by atoms with Crippen molar-refractivity contribution in [1.82, 2.24) is 4.81 Å². The molecule has 1 atom stereocenters. The fourth-order valence-corrected chi connectivity index (χ4v) is 1.30. The van der Waals surface area contributed by atoms with Crippen molar-refractivity contribution in [2.45, 2.75) is 13.0 Å². The third kappa shape index (κ3) is 2.86. The lowest BCUT2D eigenvalue weighted by atomic mass is 10.1. The van der Waals surface area contributed by atoms with E-state index in [2.05, 4.69) is 44.0 Å². The van der Waals surface area contributed by atoms with Crippen molar-refractivity contribution in [3.05, 3.63) is 35.9 Å². The van der Waals surface area contributed by atoms with E-state index in [9.17, 15) is 0 Å². The Labute approximate surface area is 80.9 Å². The molecule has 3 heteroatoms.